The van der Waals surface area contributed by atoms with E-state index in [1.165, 1.54) is 0 Å². The fourth-order valence-electron chi connectivity index (χ4n) is 2.17. The molecule has 0 saturated carbocycles. The zero-order valence-corrected chi connectivity index (χ0v) is 13.7. The van der Waals surface area contributed by atoms with Crippen LogP contribution in [0.2, 0.25) is 18.1 Å². The van der Waals surface area contributed by atoms with Gasteiger partial charge < -0.3 is 4.43 Å². The van der Waals surface area contributed by atoms with Crippen LogP contribution in [0, 0.1) is 0 Å². The standard InChI is InChI=1S/C16H24O2Si/c1-16(2,3)19(4,5)18-15-11-7-8-12-13(15)9-6-10-14(12)17/h7-8,11H,6,9-10H2,1-5H3. The largest absolute Gasteiger partial charge is 0.543 e. The molecule has 2 nitrogen and oxygen atoms in total. The normalized spacial score (nSPS) is 16.2. The van der Waals surface area contributed by atoms with Crippen LogP contribution in [0.4, 0.5) is 0 Å². The lowest BCUT2D eigenvalue weighted by Gasteiger charge is -2.37. The predicted octanol–water partition coefficient (Wildman–Crippen LogP) is 4.59. The second kappa shape index (κ2) is 4.78. The lowest BCUT2D eigenvalue weighted by Crippen LogP contribution is -2.44. The third-order valence-electron chi connectivity index (χ3n) is 4.44. The van der Waals surface area contributed by atoms with Crippen LogP contribution in [0.5, 0.6) is 5.75 Å². The number of Topliss-reactive ketones (excluding diaryl/α,β-unsaturated/α-hetero) is 1. The minimum Gasteiger partial charge on any atom is -0.543 e. The van der Waals surface area contributed by atoms with Crippen molar-refractivity contribution in [3.05, 3.63) is 29.3 Å². The Morgan fingerprint density at radius 1 is 1.16 bits per heavy atom. The molecule has 0 radical (unpaired) electrons. The number of ketones is 1. The van der Waals surface area contributed by atoms with E-state index in [1.807, 2.05) is 18.2 Å². The topological polar surface area (TPSA) is 26.3 Å². The van der Waals surface area contributed by atoms with Gasteiger partial charge >= 0.3 is 0 Å². The molecule has 1 aromatic carbocycles. The van der Waals surface area contributed by atoms with Crippen LogP contribution in [-0.2, 0) is 6.42 Å². The maximum atomic E-state index is 12.0. The smallest absolute Gasteiger partial charge is 0.250 e. The highest BCUT2D eigenvalue weighted by Crippen LogP contribution is 2.39. The minimum absolute atomic E-state index is 0.175. The van der Waals surface area contributed by atoms with Crippen LogP contribution in [0.25, 0.3) is 0 Å². The summed E-state index contributed by atoms with van der Waals surface area (Å²) in [4.78, 5) is 12.0. The molecular weight excluding hydrogens is 252 g/mol. The Morgan fingerprint density at radius 3 is 2.47 bits per heavy atom. The summed E-state index contributed by atoms with van der Waals surface area (Å²) >= 11 is 0. The van der Waals surface area contributed by atoms with Crippen molar-refractivity contribution in [2.45, 2.75) is 58.2 Å². The van der Waals surface area contributed by atoms with E-state index in [4.69, 9.17) is 4.43 Å². The van der Waals surface area contributed by atoms with Gasteiger partial charge in [0.1, 0.15) is 5.75 Å². The predicted molar refractivity (Wildman–Crippen MR) is 81.5 cm³/mol. The molecule has 0 aromatic heterocycles. The number of hydrogen-bond acceptors (Lipinski definition) is 2. The van der Waals surface area contributed by atoms with Crippen LogP contribution in [0.15, 0.2) is 18.2 Å². The number of carbonyl (C=O) groups is 1. The Hall–Kier alpha value is -1.09. The SMILES string of the molecule is CC(C)(C)[Si](C)(C)Oc1cccc2c1CCCC2=O. The van der Waals surface area contributed by atoms with Gasteiger partial charge in [0.2, 0.25) is 8.32 Å². The zero-order chi connectivity index (χ0) is 14.3. The molecule has 0 fully saturated rings. The molecule has 1 aliphatic carbocycles. The van der Waals surface area contributed by atoms with E-state index in [1.54, 1.807) is 0 Å². The number of carbonyl (C=O) groups excluding carboxylic acids is 1. The van der Waals surface area contributed by atoms with Crippen molar-refractivity contribution in [3.8, 4) is 5.75 Å². The van der Waals surface area contributed by atoms with E-state index in [0.29, 0.717) is 6.42 Å². The van der Waals surface area contributed by atoms with E-state index >= 15 is 0 Å². The first-order chi connectivity index (χ1) is 8.72. The fraction of sp³-hybridized carbons (Fsp3) is 0.562. The van der Waals surface area contributed by atoms with Gasteiger partial charge in [-0.15, -0.1) is 0 Å². The van der Waals surface area contributed by atoms with Crippen molar-refractivity contribution >= 4 is 14.1 Å². The number of rotatable bonds is 2. The van der Waals surface area contributed by atoms with Crippen LogP contribution in [0.3, 0.4) is 0 Å². The Bertz CT molecular complexity index is 498. The van der Waals surface area contributed by atoms with Crippen molar-refractivity contribution in [2.75, 3.05) is 0 Å². The van der Waals surface area contributed by atoms with Crippen LogP contribution >= 0.6 is 0 Å². The van der Waals surface area contributed by atoms with Crippen molar-refractivity contribution < 1.29 is 9.22 Å². The summed E-state index contributed by atoms with van der Waals surface area (Å²) < 4.78 is 6.40. The van der Waals surface area contributed by atoms with E-state index < -0.39 is 8.32 Å². The van der Waals surface area contributed by atoms with E-state index in [9.17, 15) is 4.79 Å². The van der Waals surface area contributed by atoms with Gasteiger partial charge in [0.05, 0.1) is 0 Å². The zero-order valence-electron chi connectivity index (χ0n) is 12.7. The van der Waals surface area contributed by atoms with Gasteiger partial charge in [0.25, 0.3) is 0 Å². The molecule has 0 atom stereocenters. The van der Waals surface area contributed by atoms with Gasteiger partial charge in [0, 0.05) is 17.5 Å². The van der Waals surface area contributed by atoms with Crippen molar-refractivity contribution in [2.24, 2.45) is 0 Å². The first kappa shape index (κ1) is 14.3. The molecular formula is C16H24O2Si. The second-order valence-corrected chi connectivity index (χ2v) is 11.6. The summed E-state index contributed by atoms with van der Waals surface area (Å²) in [6.07, 6.45) is 2.59. The van der Waals surface area contributed by atoms with Gasteiger partial charge in [-0.05, 0) is 37.0 Å². The molecule has 1 aliphatic rings. The van der Waals surface area contributed by atoms with E-state index in [0.717, 1.165) is 29.7 Å². The Morgan fingerprint density at radius 2 is 1.84 bits per heavy atom. The summed E-state index contributed by atoms with van der Waals surface area (Å²) in [6.45, 7) is 11.2. The molecule has 2 rings (SSSR count). The lowest BCUT2D eigenvalue weighted by atomic mass is 9.90. The highest BCUT2D eigenvalue weighted by molar-refractivity contribution is 6.74. The second-order valence-electron chi connectivity index (χ2n) is 6.92. The van der Waals surface area contributed by atoms with Crippen LogP contribution < -0.4 is 4.43 Å². The Kier molecular flexibility index (Phi) is 3.60. The van der Waals surface area contributed by atoms with Gasteiger partial charge in [-0.2, -0.15) is 0 Å². The molecule has 1 aromatic rings. The molecule has 0 N–H and O–H groups in total. The molecule has 0 saturated heterocycles. The van der Waals surface area contributed by atoms with E-state index in [2.05, 4.69) is 33.9 Å². The minimum atomic E-state index is -1.84. The fourth-order valence-corrected chi connectivity index (χ4v) is 3.22. The lowest BCUT2D eigenvalue weighted by molar-refractivity contribution is 0.0972. The number of benzene rings is 1. The highest BCUT2D eigenvalue weighted by atomic mass is 28.4. The Labute approximate surface area is 117 Å². The molecule has 0 amide bonds. The summed E-state index contributed by atoms with van der Waals surface area (Å²) in [5.41, 5.74) is 2.01. The quantitative estimate of drug-likeness (QED) is 0.738. The summed E-state index contributed by atoms with van der Waals surface area (Å²) in [6, 6.07) is 5.91. The molecule has 0 aliphatic heterocycles. The van der Waals surface area contributed by atoms with Gasteiger partial charge in [0.15, 0.2) is 5.78 Å². The van der Waals surface area contributed by atoms with Crippen LogP contribution in [-0.4, -0.2) is 14.1 Å². The van der Waals surface area contributed by atoms with Crippen molar-refractivity contribution in [1.29, 1.82) is 0 Å². The molecule has 104 valence electrons. The van der Waals surface area contributed by atoms with Crippen molar-refractivity contribution in [3.63, 3.8) is 0 Å². The monoisotopic (exact) mass is 276 g/mol. The van der Waals surface area contributed by atoms with Gasteiger partial charge in [-0.25, -0.2) is 0 Å². The third-order valence-corrected chi connectivity index (χ3v) is 8.78. The Balaban J connectivity index is 2.37. The molecule has 0 spiro atoms. The van der Waals surface area contributed by atoms with Crippen LogP contribution in [0.1, 0.15) is 49.5 Å². The number of hydrogen-bond donors (Lipinski definition) is 0. The first-order valence-electron chi connectivity index (χ1n) is 7.06. The number of fused-ring (bicyclic) bond motifs is 1. The summed E-state index contributed by atoms with van der Waals surface area (Å²) in [5, 5.41) is 0.175. The van der Waals surface area contributed by atoms with Gasteiger partial charge in [-0.3, -0.25) is 4.79 Å². The average Bonchev–Trinajstić information content (AvgIpc) is 2.28. The molecule has 0 unspecified atom stereocenters. The molecule has 3 heteroatoms. The average molecular weight is 276 g/mol. The van der Waals surface area contributed by atoms with E-state index in [-0.39, 0.29) is 10.8 Å². The van der Waals surface area contributed by atoms with Gasteiger partial charge in [-0.1, -0.05) is 32.9 Å². The molecule has 0 heterocycles. The highest BCUT2D eigenvalue weighted by Gasteiger charge is 2.39. The molecule has 0 bridgehead atoms. The maximum absolute atomic E-state index is 12.0. The summed E-state index contributed by atoms with van der Waals surface area (Å²) in [5.74, 6) is 1.21. The molecule has 19 heavy (non-hydrogen) atoms. The first-order valence-corrected chi connectivity index (χ1v) is 9.97. The van der Waals surface area contributed by atoms with Crippen molar-refractivity contribution in [1.82, 2.24) is 0 Å². The third kappa shape index (κ3) is 2.76. The summed E-state index contributed by atoms with van der Waals surface area (Å²) in [7, 11) is -1.84. The maximum Gasteiger partial charge on any atom is 0.250 e.